The van der Waals surface area contributed by atoms with Gasteiger partial charge < -0.3 is 16.3 Å². The van der Waals surface area contributed by atoms with E-state index in [0.717, 1.165) is 10.6 Å². The standard InChI is InChI=1S/C12H18ClN3O/c1-8(7-12(14)16-17)15-9(2)10-3-5-11(13)6-4-10/h3-6,8-9,15,17H,7H2,1-2H3,(H2,14,16)/t8?,9-/m0/s1. The zero-order chi connectivity index (χ0) is 12.8. The van der Waals surface area contributed by atoms with Crippen LogP contribution in [0.25, 0.3) is 0 Å². The molecule has 1 aromatic carbocycles. The van der Waals surface area contributed by atoms with Crippen molar-refractivity contribution >= 4 is 17.4 Å². The van der Waals surface area contributed by atoms with Crippen molar-refractivity contribution in [1.82, 2.24) is 5.32 Å². The SMILES string of the molecule is CC(C/C(N)=N/O)N[C@@H](C)c1ccc(Cl)cc1. The van der Waals surface area contributed by atoms with E-state index in [1.54, 1.807) is 0 Å². The van der Waals surface area contributed by atoms with Crippen molar-refractivity contribution in [2.24, 2.45) is 10.9 Å². The highest BCUT2D eigenvalue weighted by Gasteiger charge is 2.10. The van der Waals surface area contributed by atoms with Gasteiger partial charge in [-0.25, -0.2) is 0 Å². The number of halogens is 1. The highest BCUT2D eigenvalue weighted by atomic mass is 35.5. The monoisotopic (exact) mass is 255 g/mol. The Balaban J connectivity index is 2.54. The molecule has 0 saturated heterocycles. The van der Waals surface area contributed by atoms with Crippen molar-refractivity contribution in [1.29, 1.82) is 0 Å². The summed E-state index contributed by atoms with van der Waals surface area (Å²) in [5.74, 6) is 0.230. The lowest BCUT2D eigenvalue weighted by Gasteiger charge is -2.20. The predicted octanol–water partition coefficient (Wildman–Crippen LogP) is 2.52. The summed E-state index contributed by atoms with van der Waals surface area (Å²) < 4.78 is 0. The molecule has 4 nitrogen and oxygen atoms in total. The maximum atomic E-state index is 8.49. The third-order valence-corrected chi connectivity index (χ3v) is 2.80. The number of hydrogen-bond acceptors (Lipinski definition) is 3. The summed E-state index contributed by atoms with van der Waals surface area (Å²) in [4.78, 5) is 0. The summed E-state index contributed by atoms with van der Waals surface area (Å²) in [7, 11) is 0. The van der Waals surface area contributed by atoms with Gasteiger partial charge in [0, 0.05) is 23.5 Å². The van der Waals surface area contributed by atoms with Gasteiger partial charge in [0.15, 0.2) is 0 Å². The van der Waals surface area contributed by atoms with E-state index < -0.39 is 0 Å². The van der Waals surface area contributed by atoms with E-state index >= 15 is 0 Å². The van der Waals surface area contributed by atoms with Gasteiger partial charge in [-0.15, -0.1) is 0 Å². The molecule has 0 aliphatic carbocycles. The highest BCUT2D eigenvalue weighted by Crippen LogP contribution is 2.16. The number of nitrogens with one attached hydrogen (secondary N) is 1. The Kier molecular flexibility index (Phi) is 5.25. The minimum atomic E-state index is 0.136. The lowest BCUT2D eigenvalue weighted by Crippen LogP contribution is -2.33. The molecule has 2 atom stereocenters. The quantitative estimate of drug-likeness (QED) is 0.328. The molecule has 94 valence electrons. The molecule has 0 spiro atoms. The van der Waals surface area contributed by atoms with Gasteiger partial charge in [0.1, 0.15) is 5.84 Å². The minimum absolute atomic E-state index is 0.136. The number of amidine groups is 1. The van der Waals surface area contributed by atoms with Gasteiger partial charge in [-0.1, -0.05) is 28.9 Å². The van der Waals surface area contributed by atoms with Crippen LogP contribution in [-0.2, 0) is 0 Å². The Labute approximate surface area is 106 Å². The van der Waals surface area contributed by atoms with Crippen LogP contribution < -0.4 is 11.1 Å². The van der Waals surface area contributed by atoms with Crippen LogP contribution in [0.2, 0.25) is 5.02 Å². The number of benzene rings is 1. The first-order valence-electron chi connectivity index (χ1n) is 5.51. The fourth-order valence-corrected chi connectivity index (χ4v) is 1.81. The lowest BCUT2D eigenvalue weighted by molar-refractivity contribution is 0.315. The Morgan fingerprint density at radius 2 is 2.00 bits per heavy atom. The zero-order valence-corrected chi connectivity index (χ0v) is 10.8. The maximum absolute atomic E-state index is 8.49. The summed E-state index contributed by atoms with van der Waals surface area (Å²) in [6.45, 7) is 4.05. The largest absolute Gasteiger partial charge is 0.409 e. The van der Waals surface area contributed by atoms with Crippen molar-refractivity contribution in [3.05, 3.63) is 34.9 Å². The van der Waals surface area contributed by atoms with Gasteiger partial charge >= 0.3 is 0 Å². The maximum Gasteiger partial charge on any atom is 0.140 e. The average molecular weight is 256 g/mol. The van der Waals surface area contributed by atoms with Gasteiger partial charge in [-0.05, 0) is 31.5 Å². The third-order valence-electron chi connectivity index (χ3n) is 2.55. The summed E-state index contributed by atoms with van der Waals surface area (Å²) in [6.07, 6.45) is 0.508. The second-order valence-corrected chi connectivity index (χ2v) is 4.57. The molecule has 5 heteroatoms. The van der Waals surface area contributed by atoms with E-state index in [9.17, 15) is 0 Å². The summed E-state index contributed by atoms with van der Waals surface area (Å²) in [6, 6.07) is 8.02. The molecule has 17 heavy (non-hydrogen) atoms. The molecule has 0 bridgehead atoms. The first kappa shape index (κ1) is 13.8. The highest BCUT2D eigenvalue weighted by molar-refractivity contribution is 6.30. The van der Waals surface area contributed by atoms with Gasteiger partial charge in [0.2, 0.25) is 0 Å². The van der Waals surface area contributed by atoms with Crippen LogP contribution in [0.1, 0.15) is 31.9 Å². The van der Waals surface area contributed by atoms with Gasteiger partial charge in [0.05, 0.1) is 0 Å². The average Bonchev–Trinajstić information content (AvgIpc) is 2.29. The molecule has 0 heterocycles. The molecule has 0 amide bonds. The van der Waals surface area contributed by atoms with Crippen molar-refractivity contribution < 1.29 is 5.21 Å². The van der Waals surface area contributed by atoms with Crippen LogP contribution >= 0.6 is 11.6 Å². The topological polar surface area (TPSA) is 70.6 Å². The third kappa shape index (κ3) is 4.63. The van der Waals surface area contributed by atoms with Crippen LogP contribution in [0.15, 0.2) is 29.4 Å². The van der Waals surface area contributed by atoms with Crippen LogP contribution in [0, 0.1) is 0 Å². The first-order chi connectivity index (χ1) is 8.02. The predicted molar refractivity (Wildman–Crippen MR) is 70.5 cm³/mol. The van der Waals surface area contributed by atoms with E-state index in [0.29, 0.717) is 6.42 Å². The van der Waals surface area contributed by atoms with Crippen LogP contribution in [0.5, 0.6) is 0 Å². The van der Waals surface area contributed by atoms with E-state index in [4.69, 9.17) is 22.5 Å². The number of nitrogens with two attached hydrogens (primary N) is 1. The Hall–Kier alpha value is -1.26. The van der Waals surface area contributed by atoms with Crippen molar-refractivity contribution in [2.75, 3.05) is 0 Å². The number of hydrogen-bond donors (Lipinski definition) is 3. The fourth-order valence-electron chi connectivity index (χ4n) is 1.69. The van der Waals surface area contributed by atoms with E-state index in [1.165, 1.54) is 0 Å². The van der Waals surface area contributed by atoms with Crippen molar-refractivity contribution in [3.8, 4) is 0 Å². The lowest BCUT2D eigenvalue weighted by atomic mass is 10.1. The van der Waals surface area contributed by atoms with Crippen molar-refractivity contribution in [3.63, 3.8) is 0 Å². The van der Waals surface area contributed by atoms with Gasteiger partial charge in [0.25, 0.3) is 0 Å². The minimum Gasteiger partial charge on any atom is -0.409 e. The normalized spacial score (nSPS) is 15.6. The number of nitrogens with zero attached hydrogens (tertiary/aromatic N) is 1. The summed E-state index contributed by atoms with van der Waals surface area (Å²) >= 11 is 5.83. The molecule has 0 saturated carbocycles. The molecule has 1 unspecified atom stereocenters. The second kappa shape index (κ2) is 6.47. The van der Waals surface area contributed by atoms with Gasteiger partial charge in [-0.3, -0.25) is 0 Å². The zero-order valence-electron chi connectivity index (χ0n) is 10.0. The Bertz CT molecular complexity index is 378. The molecule has 0 aliphatic rings. The molecule has 4 N–H and O–H groups in total. The molecular weight excluding hydrogens is 238 g/mol. The smallest absolute Gasteiger partial charge is 0.140 e. The van der Waals surface area contributed by atoms with Crippen LogP contribution in [0.4, 0.5) is 0 Å². The van der Waals surface area contributed by atoms with E-state index in [-0.39, 0.29) is 17.9 Å². The fraction of sp³-hybridized carbons (Fsp3) is 0.417. The molecule has 0 fully saturated rings. The Morgan fingerprint density at radius 1 is 1.41 bits per heavy atom. The van der Waals surface area contributed by atoms with Crippen LogP contribution in [0.3, 0.4) is 0 Å². The Morgan fingerprint density at radius 3 is 2.53 bits per heavy atom. The van der Waals surface area contributed by atoms with E-state index in [2.05, 4.69) is 17.4 Å². The first-order valence-corrected chi connectivity index (χ1v) is 5.88. The summed E-state index contributed by atoms with van der Waals surface area (Å²) in [5.41, 5.74) is 6.60. The molecule has 0 radical (unpaired) electrons. The molecule has 1 rings (SSSR count). The molecule has 0 aromatic heterocycles. The second-order valence-electron chi connectivity index (χ2n) is 4.14. The van der Waals surface area contributed by atoms with E-state index in [1.807, 2.05) is 31.2 Å². The van der Waals surface area contributed by atoms with Gasteiger partial charge in [-0.2, -0.15) is 0 Å². The molecular formula is C12H18ClN3O. The number of rotatable bonds is 5. The molecule has 1 aromatic rings. The molecule has 0 aliphatic heterocycles. The van der Waals surface area contributed by atoms with Crippen molar-refractivity contribution in [2.45, 2.75) is 32.4 Å². The summed E-state index contributed by atoms with van der Waals surface area (Å²) in [5, 5.41) is 15.5. The number of oxime groups is 1. The van der Waals surface area contributed by atoms with Crippen LogP contribution in [-0.4, -0.2) is 17.1 Å².